The number of hydrogen-bond donors (Lipinski definition) is 3. The van der Waals surface area contributed by atoms with Gasteiger partial charge in [-0.05, 0) is 11.6 Å². The molecule has 13 heavy (non-hydrogen) atoms. The fourth-order valence-corrected chi connectivity index (χ4v) is 1.56. The Labute approximate surface area is 76.9 Å². The lowest BCUT2D eigenvalue weighted by atomic mass is 10.1. The molecule has 1 aliphatic rings. The van der Waals surface area contributed by atoms with E-state index in [0.717, 1.165) is 17.8 Å². The van der Waals surface area contributed by atoms with Gasteiger partial charge in [-0.1, -0.05) is 18.2 Å². The zero-order chi connectivity index (χ0) is 9.26. The van der Waals surface area contributed by atoms with E-state index in [1.54, 1.807) is 5.01 Å². The zero-order valence-corrected chi connectivity index (χ0v) is 7.27. The molecule has 4 N–H and O–H groups in total. The number of nitrogens with two attached hydrogens (primary N) is 1. The van der Waals surface area contributed by atoms with Crippen molar-refractivity contribution in [2.45, 2.75) is 12.7 Å². The van der Waals surface area contributed by atoms with Gasteiger partial charge in [0.1, 0.15) is 6.17 Å². The lowest BCUT2D eigenvalue weighted by Gasteiger charge is -2.34. The summed E-state index contributed by atoms with van der Waals surface area (Å²) in [4.78, 5) is 0. The van der Waals surface area contributed by atoms with Crippen LogP contribution in [0.15, 0.2) is 24.3 Å². The number of hydrogen-bond acceptors (Lipinski definition) is 4. The third kappa shape index (κ3) is 1.39. The Kier molecular flexibility index (Phi) is 2.18. The number of nitrogens with zero attached hydrogens (tertiary/aromatic N) is 1. The first-order valence-electron chi connectivity index (χ1n) is 4.29. The predicted molar refractivity (Wildman–Crippen MR) is 50.8 cm³/mol. The smallest absolute Gasteiger partial charge is 0.118 e. The average molecular weight is 179 g/mol. The summed E-state index contributed by atoms with van der Waals surface area (Å²) in [7, 11) is 0. The molecule has 0 bridgehead atoms. The van der Waals surface area contributed by atoms with Crippen molar-refractivity contribution in [3.05, 3.63) is 29.8 Å². The molecule has 0 radical (unpaired) electrons. The second-order valence-corrected chi connectivity index (χ2v) is 3.12. The summed E-state index contributed by atoms with van der Waals surface area (Å²) in [5, 5.41) is 13.7. The Balaban J connectivity index is 2.33. The van der Waals surface area contributed by atoms with E-state index in [1.807, 2.05) is 24.3 Å². The predicted octanol–water partition coefficient (Wildman–Crippen LogP) is -0.212. The monoisotopic (exact) mass is 179 g/mol. The first-order valence-corrected chi connectivity index (χ1v) is 4.29. The van der Waals surface area contributed by atoms with E-state index in [1.165, 1.54) is 0 Å². The third-order valence-corrected chi connectivity index (χ3v) is 2.31. The van der Waals surface area contributed by atoms with E-state index in [9.17, 15) is 0 Å². The van der Waals surface area contributed by atoms with Crippen LogP contribution in [0.25, 0.3) is 0 Å². The van der Waals surface area contributed by atoms with Gasteiger partial charge in [-0.2, -0.15) is 0 Å². The normalized spacial score (nSPS) is 21.4. The van der Waals surface area contributed by atoms with Crippen molar-refractivity contribution in [3.63, 3.8) is 0 Å². The highest BCUT2D eigenvalue weighted by molar-refractivity contribution is 5.54. The van der Waals surface area contributed by atoms with E-state index in [-0.39, 0.29) is 12.8 Å². The highest BCUT2D eigenvalue weighted by Crippen LogP contribution is 2.22. The Morgan fingerprint density at radius 1 is 1.54 bits per heavy atom. The minimum atomic E-state index is -0.171. The molecule has 4 heteroatoms. The van der Waals surface area contributed by atoms with Crippen LogP contribution in [-0.4, -0.2) is 17.9 Å². The molecule has 2 rings (SSSR count). The molecule has 0 aliphatic carbocycles. The molecular formula is C9H13N3O. The third-order valence-electron chi connectivity index (χ3n) is 2.31. The van der Waals surface area contributed by atoms with Crippen molar-refractivity contribution in [2.75, 3.05) is 11.6 Å². The number of fused-ring (bicyclic) bond motifs is 1. The second kappa shape index (κ2) is 3.33. The number of aliphatic hydroxyl groups excluding tert-OH is 1. The summed E-state index contributed by atoms with van der Waals surface area (Å²) in [5.41, 5.74) is 2.15. The molecule has 0 saturated carbocycles. The summed E-state index contributed by atoms with van der Waals surface area (Å²) in [5.74, 6) is 5.81. The Hall–Kier alpha value is -1.10. The molecule has 1 aromatic rings. The highest BCUT2D eigenvalue weighted by Gasteiger charge is 2.21. The van der Waals surface area contributed by atoms with Gasteiger partial charge in [0.2, 0.25) is 0 Å². The van der Waals surface area contributed by atoms with Crippen LogP contribution < -0.4 is 16.2 Å². The van der Waals surface area contributed by atoms with Crippen molar-refractivity contribution in [1.29, 1.82) is 0 Å². The van der Waals surface area contributed by atoms with E-state index < -0.39 is 0 Å². The lowest BCUT2D eigenvalue weighted by Crippen LogP contribution is -2.55. The van der Waals surface area contributed by atoms with Crippen molar-refractivity contribution in [2.24, 2.45) is 5.84 Å². The van der Waals surface area contributed by atoms with E-state index in [0.29, 0.717) is 0 Å². The van der Waals surface area contributed by atoms with E-state index in [4.69, 9.17) is 10.9 Å². The maximum Gasteiger partial charge on any atom is 0.118 e. The quantitative estimate of drug-likeness (QED) is 0.522. The van der Waals surface area contributed by atoms with Crippen molar-refractivity contribution < 1.29 is 5.11 Å². The summed E-state index contributed by atoms with van der Waals surface area (Å²) in [6.45, 7) is 0.778. The summed E-state index contributed by atoms with van der Waals surface area (Å²) in [6, 6.07) is 7.90. The number of nitrogens with one attached hydrogen (secondary N) is 1. The van der Waals surface area contributed by atoms with Gasteiger partial charge in [0, 0.05) is 6.54 Å². The van der Waals surface area contributed by atoms with Gasteiger partial charge in [-0.15, -0.1) is 0 Å². The second-order valence-electron chi connectivity index (χ2n) is 3.12. The van der Waals surface area contributed by atoms with Crippen LogP contribution in [0.4, 0.5) is 5.69 Å². The van der Waals surface area contributed by atoms with Gasteiger partial charge < -0.3 is 5.11 Å². The van der Waals surface area contributed by atoms with Crippen LogP contribution in [0, 0.1) is 0 Å². The molecule has 0 aromatic heterocycles. The van der Waals surface area contributed by atoms with Crippen LogP contribution in [-0.2, 0) is 6.54 Å². The van der Waals surface area contributed by atoms with Crippen LogP contribution >= 0.6 is 0 Å². The maximum absolute atomic E-state index is 9.00. The number of benzene rings is 1. The molecule has 1 atom stereocenters. The van der Waals surface area contributed by atoms with Gasteiger partial charge in [0.25, 0.3) is 0 Å². The average Bonchev–Trinajstić information content (AvgIpc) is 2.19. The van der Waals surface area contributed by atoms with Gasteiger partial charge in [0.05, 0.1) is 12.3 Å². The topological polar surface area (TPSA) is 61.5 Å². The molecule has 0 spiro atoms. The number of hydrazine groups is 1. The number of aliphatic hydroxyl groups is 1. The fourth-order valence-electron chi connectivity index (χ4n) is 1.56. The number of para-hydroxylation sites is 1. The van der Waals surface area contributed by atoms with Gasteiger partial charge >= 0.3 is 0 Å². The standard InChI is InChI=1S/C9H13N3O/c10-12-8-4-2-1-3-7(8)5-11-9(12)6-13/h1-4,9,11,13H,5-6,10H2. The Bertz CT molecular complexity index is 303. The van der Waals surface area contributed by atoms with Gasteiger partial charge in [0.15, 0.2) is 0 Å². The highest BCUT2D eigenvalue weighted by atomic mass is 16.3. The zero-order valence-electron chi connectivity index (χ0n) is 7.27. The number of rotatable bonds is 1. The maximum atomic E-state index is 9.00. The van der Waals surface area contributed by atoms with E-state index >= 15 is 0 Å². The van der Waals surface area contributed by atoms with Crippen molar-refractivity contribution >= 4 is 5.69 Å². The number of anilines is 1. The Morgan fingerprint density at radius 3 is 3.08 bits per heavy atom. The molecule has 4 nitrogen and oxygen atoms in total. The van der Waals surface area contributed by atoms with Crippen LogP contribution in [0.3, 0.4) is 0 Å². The van der Waals surface area contributed by atoms with Gasteiger partial charge in [-0.3, -0.25) is 10.3 Å². The van der Waals surface area contributed by atoms with Crippen LogP contribution in [0.2, 0.25) is 0 Å². The molecular weight excluding hydrogens is 166 g/mol. The minimum Gasteiger partial charge on any atom is -0.393 e. The molecule has 1 unspecified atom stereocenters. The largest absolute Gasteiger partial charge is 0.393 e. The SMILES string of the molecule is NN1c2ccccc2CNC1CO. The summed E-state index contributed by atoms with van der Waals surface area (Å²) >= 11 is 0. The molecule has 0 fully saturated rings. The molecule has 1 aromatic carbocycles. The van der Waals surface area contributed by atoms with Crippen LogP contribution in [0.1, 0.15) is 5.56 Å². The van der Waals surface area contributed by atoms with Crippen LogP contribution in [0.5, 0.6) is 0 Å². The first kappa shape index (κ1) is 8.50. The first-order chi connectivity index (χ1) is 6.33. The molecule has 0 saturated heterocycles. The molecule has 70 valence electrons. The summed E-state index contributed by atoms with van der Waals surface area (Å²) in [6.07, 6.45) is -0.171. The van der Waals surface area contributed by atoms with Gasteiger partial charge in [-0.25, -0.2) is 5.84 Å². The molecule has 1 heterocycles. The van der Waals surface area contributed by atoms with Crippen molar-refractivity contribution in [3.8, 4) is 0 Å². The lowest BCUT2D eigenvalue weighted by molar-refractivity contribution is 0.233. The van der Waals surface area contributed by atoms with Crippen molar-refractivity contribution in [1.82, 2.24) is 5.32 Å². The summed E-state index contributed by atoms with van der Waals surface area (Å²) < 4.78 is 0. The van der Waals surface area contributed by atoms with E-state index in [2.05, 4.69) is 5.32 Å². The fraction of sp³-hybridized carbons (Fsp3) is 0.333. The Morgan fingerprint density at radius 2 is 2.31 bits per heavy atom. The minimum absolute atomic E-state index is 0.0187. The molecule has 0 amide bonds. The molecule has 1 aliphatic heterocycles.